The van der Waals surface area contributed by atoms with Crippen molar-refractivity contribution >= 4 is 23.4 Å². The summed E-state index contributed by atoms with van der Waals surface area (Å²) in [6, 6.07) is 4.38. The van der Waals surface area contributed by atoms with Crippen molar-refractivity contribution in [1.82, 2.24) is 10.3 Å². The average molecular weight is 262 g/mol. The fourth-order valence-corrected chi connectivity index (χ4v) is 1.42. The fourth-order valence-electron chi connectivity index (χ4n) is 1.42. The summed E-state index contributed by atoms with van der Waals surface area (Å²) < 4.78 is 4.32. The van der Waals surface area contributed by atoms with Gasteiger partial charge in [-0.2, -0.15) is 0 Å². The van der Waals surface area contributed by atoms with E-state index in [-0.39, 0.29) is 17.1 Å². The van der Waals surface area contributed by atoms with E-state index in [0.717, 1.165) is 0 Å². The number of aromatic carboxylic acids is 1. The Morgan fingerprint density at radius 1 is 1.37 bits per heavy atom. The Bertz CT molecular complexity index is 650. The summed E-state index contributed by atoms with van der Waals surface area (Å²) >= 11 is 0. The van der Waals surface area contributed by atoms with Crippen molar-refractivity contribution in [2.75, 3.05) is 11.1 Å². The SMILES string of the molecule is Cc1ccc(C(=O)O)cc1NC(=O)c1nonc1N. The zero-order valence-corrected chi connectivity index (χ0v) is 9.88. The van der Waals surface area contributed by atoms with Crippen LogP contribution in [-0.4, -0.2) is 27.3 Å². The van der Waals surface area contributed by atoms with Gasteiger partial charge in [0, 0.05) is 5.69 Å². The van der Waals surface area contributed by atoms with Crippen molar-refractivity contribution in [3.05, 3.63) is 35.0 Å². The standard InChI is InChI=1S/C11H10N4O4/c1-5-2-3-6(11(17)18)4-7(5)13-10(16)8-9(12)15-19-14-8/h2-4H,1H3,(H2,12,15)(H,13,16)(H,17,18). The molecule has 0 bridgehead atoms. The van der Waals surface area contributed by atoms with Gasteiger partial charge in [0.1, 0.15) is 0 Å². The molecule has 0 fully saturated rings. The highest BCUT2D eigenvalue weighted by Crippen LogP contribution is 2.18. The molecule has 2 rings (SSSR count). The lowest BCUT2D eigenvalue weighted by atomic mass is 10.1. The molecular formula is C11H10N4O4. The monoisotopic (exact) mass is 262 g/mol. The number of anilines is 2. The molecule has 0 aliphatic rings. The predicted octanol–water partition coefficient (Wildman–Crippen LogP) is 0.911. The fraction of sp³-hybridized carbons (Fsp3) is 0.0909. The van der Waals surface area contributed by atoms with Gasteiger partial charge in [0.2, 0.25) is 11.5 Å². The summed E-state index contributed by atoms with van der Waals surface area (Å²) in [6.07, 6.45) is 0. The van der Waals surface area contributed by atoms with Crippen LogP contribution in [0.2, 0.25) is 0 Å². The number of aryl methyl sites for hydroxylation is 1. The molecule has 8 nitrogen and oxygen atoms in total. The highest BCUT2D eigenvalue weighted by molar-refractivity contribution is 6.06. The average Bonchev–Trinajstić information content (AvgIpc) is 2.78. The summed E-state index contributed by atoms with van der Waals surface area (Å²) in [5.74, 6) is -1.84. The molecule has 4 N–H and O–H groups in total. The van der Waals surface area contributed by atoms with Gasteiger partial charge >= 0.3 is 5.97 Å². The van der Waals surface area contributed by atoms with E-state index < -0.39 is 11.9 Å². The van der Waals surface area contributed by atoms with Crippen LogP contribution < -0.4 is 11.1 Å². The number of benzene rings is 1. The number of nitrogens with two attached hydrogens (primary N) is 1. The van der Waals surface area contributed by atoms with Crippen LogP contribution in [0, 0.1) is 6.92 Å². The van der Waals surface area contributed by atoms with E-state index in [2.05, 4.69) is 20.3 Å². The molecule has 0 saturated carbocycles. The van der Waals surface area contributed by atoms with Crippen molar-refractivity contribution in [2.24, 2.45) is 0 Å². The Hall–Kier alpha value is -2.90. The Labute approximate surface area is 107 Å². The maximum absolute atomic E-state index is 11.8. The predicted molar refractivity (Wildman–Crippen MR) is 64.8 cm³/mol. The molecular weight excluding hydrogens is 252 g/mol. The van der Waals surface area contributed by atoms with Crippen molar-refractivity contribution in [3.8, 4) is 0 Å². The van der Waals surface area contributed by atoms with E-state index in [0.29, 0.717) is 11.3 Å². The molecule has 0 unspecified atom stereocenters. The molecule has 98 valence electrons. The zero-order valence-electron chi connectivity index (χ0n) is 9.88. The Morgan fingerprint density at radius 2 is 2.11 bits per heavy atom. The maximum Gasteiger partial charge on any atom is 0.335 e. The molecule has 2 aromatic rings. The molecule has 19 heavy (non-hydrogen) atoms. The third-order valence-corrected chi connectivity index (χ3v) is 2.46. The van der Waals surface area contributed by atoms with Gasteiger partial charge in [-0.25, -0.2) is 9.42 Å². The summed E-state index contributed by atoms with van der Waals surface area (Å²) in [5.41, 5.74) is 6.35. The minimum Gasteiger partial charge on any atom is -0.478 e. The van der Waals surface area contributed by atoms with Gasteiger partial charge in [-0.1, -0.05) is 6.07 Å². The number of carboxylic acids is 1. The third kappa shape index (κ3) is 2.51. The first kappa shape index (κ1) is 12.6. The summed E-state index contributed by atoms with van der Waals surface area (Å²) in [7, 11) is 0. The minimum atomic E-state index is -1.09. The number of nitrogen functional groups attached to an aromatic ring is 1. The second-order valence-electron chi connectivity index (χ2n) is 3.79. The topological polar surface area (TPSA) is 131 Å². The lowest BCUT2D eigenvalue weighted by Crippen LogP contribution is -2.15. The van der Waals surface area contributed by atoms with Crippen molar-refractivity contribution < 1.29 is 19.3 Å². The number of carbonyl (C=O) groups excluding carboxylic acids is 1. The van der Waals surface area contributed by atoms with Crippen LogP contribution in [0.25, 0.3) is 0 Å². The summed E-state index contributed by atoms with van der Waals surface area (Å²) in [4.78, 5) is 22.7. The quantitative estimate of drug-likeness (QED) is 0.748. The third-order valence-electron chi connectivity index (χ3n) is 2.46. The van der Waals surface area contributed by atoms with E-state index in [9.17, 15) is 9.59 Å². The second-order valence-corrected chi connectivity index (χ2v) is 3.79. The zero-order chi connectivity index (χ0) is 14.0. The molecule has 1 aromatic carbocycles. The number of carbonyl (C=O) groups is 2. The molecule has 0 aliphatic carbocycles. The Balaban J connectivity index is 2.28. The molecule has 8 heteroatoms. The lowest BCUT2D eigenvalue weighted by Gasteiger charge is -2.07. The van der Waals surface area contributed by atoms with Crippen LogP contribution in [0.5, 0.6) is 0 Å². The largest absolute Gasteiger partial charge is 0.478 e. The van der Waals surface area contributed by atoms with Gasteiger partial charge in [0.25, 0.3) is 5.91 Å². The molecule has 1 amide bonds. The van der Waals surface area contributed by atoms with Gasteiger partial charge < -0.3 is 16.2 Å². The van der Waals surface area contributed by atoms with E-state index in [4.69, 9.17) is 10.8 Å². The normalized spacial score (nSPS) is 10.2. The van der Waals surface area contributed by atoms with E-state index in [1.165, 1.54) is 12.1 Å². The first-order valence-electron chi connectivity index (χ1n) is 5.22. The first-order chi connectivity index (χ1) is 8.99. The van der Waals surface area contributed by atoms with Crippen LogP contribution in [0.4, 0.5) is 11.5 Å². The highest BCUT2D eigenvalue weighted by atomic mass is 16.6. The number of aromatic nitrogens is 2. The van der Waals surface area contributed by atoms with E-state index in [1.807, 2.05) is 0 Å². The van der Waals surface area contributed by atoms with Crippen molar-refractivity contribution in [2.45, 2.75) is 6.92 Å². The number of nitrogens with zero attached hydrogens (tertiary/aromatic N) is 2. The Morgan fingerprint density at radius 3 is 2.68 bits per heavy atom. The molecule has 0 radical (unpaired) electrons. The first-order valence-corrected chi connectivity index (χ1v) is 5.22. The summed E-state index contributed by atoms with van der Waals surface area (Å²) in [6.45, 7) is 1.73. The van der Waals surface area contributed by atoms with Crippen LogP contribution in [0.1, 0.15) is 26.4 Å². The van der Waals surface area contributed by atoms with E-state index >= 15 is 0 Å². The minimum absolute atomic E-state index is 0.0622. The van der Waals surface area contributed by atoms with Crippen molar-refractivity contribution in [1.29, 1.82) is 0 Å². The highest BCUT2D eigenvalue weighted by Gasteiger charge is 2.17. The van der Waals surface area contributed by atoms with E-state index in [1.54, 1.807) is 13.0 Å². The molecule has 1 aromatic heterocycles. The van der Waals surface area contributed by atoms with Gasteiger partial charge in [-0.3, -0.25) is 4.79 Å². The number of rotatable bonds is 3. The number of hydrogen-bond acceptors (Lipinski definition) is 6. The molecule has 0 atom stereocenters. The van der Waals surface area contributed by atoms with Crippen LogP contribution >= 0.6 is 0 Å². The van der Waals surface area contributed by atoms with Crippen LogP contribution in [0.15, 0.2) is 22.8 Å². The van der Waals surface area contributed by atoms with Gasteiger partial charge in [0.05, 0.1) is 5.56 Å². The van der Waals surface area contributed by atoms with Gasteiger partial charge in [-0.15, -0.1) is 0 Å². The lowest BCUT2D eigenvalue weighted by molar-refractivity contribution is 0.0696. The second kappa shape index (κ2) is 4.77. The van der Waals surface area contributed by atoms with Crippen molar-refractivity contribution in [3.63, 3.8) is 0 Å². The molecule has 0 aliphatic heterocycles. The van der Waals surface area contributed by atoms with Gasteiger partial charge in [-0.05, 0) is 34.9 Å². The number of nitrogens with one attached hydrogen (secondary N) is 1. The molecule has 0 spiro atoms. The van der Waals surface area contributed by atoms with Crippen LogP contribution in [-0.2, 0) is 0 Å². The van der Waals surface area contributed by atoms with Crippen LogP contribution in [0.3, 0.4) is 0 Å². The maximum atomic E-state index is 11.8. The van der Waals surface area contributed by atoms with Gasteiger partial charge in [0.15, 0.2) is 0 Å². The number of hydrogen-bond donors (Lipinski definition) is 3. The smallest absolute Gasteiger partial charge is 0.335 e. The number of amides is 1. The Kier molecular flexibility index (Phi) is 3.15. The number of carboxylic acid groups (broad SMARTS) is 1. The molecule has 0 saturated heterocycles. The molecule has 1 heterocycles. The summed E-state index contributed by atoms with van der Waals surface area (Å²) in [5, 5.41) is 18.0.